The molecule has 1 amide bonds. The number of methoxy groups -OCH3 is 1. The summed E-state index contributed by atoms with van der Waals surface area (Å²) < 4.78 is 5.28. The minimum Gasteiger partial charge on any atom is -0.497 e. The van der Waals surface area contributed by atoms with E-state index in [0.29, 0.717) is 25.9 Å². The Balaban J connectivity index is 2.04. The van der Waals surface area contributed by atoms with Crippen molar-refractivity contribution in [2.45, 2.75) is 31.9 Å². The average Bonchev–Trinajstić information content (AvgIpc) is 2.92. The number of likely N-dealkylation sites (tertiary alicyclic amines) is 1. The number of amides is 1. The molecule has 5 nitrogen and oxygen atoms in total. The number of aliphatic hydroxyl groups excluding tert-OH is 1. The van der Waals surface area contributed by atoms with Gasteiger partial charge < -0.3 is 14.7 Å². The molecule has 0 spiro atoms. The number of nitrogens with zero attached hydrogens (tertiary/aromatic N) is 2. The minimum absolute atomic E-state index is 0.143. The molecule has 1 fully saturated rings. The maximum Gasteiger partial charge on any atom is 0.223 e. The van der Waals surface area contributed by atoms with Crippen molar-refractivity contribution in [1.29, 1.82) is 0 Å². The number of carbonyl (C=O) groups is 1. The van der Waals surface area contributed by atoms with Crippen molar-refractivity contribution in [3.63, 3.8) is 0 Å². The summed E-state index contributed by atoms with van der Waals surface area (Å²) in [6.07, 6.45) is 0.845. The molecule has 1 N–H and O–H groups in total. The van der Waals surface area contributed by atoms with Crippen molar-refractivity contribution >= 4 is 5.91 Å². The van der Waals surface area contributed by atoms with Crippen molar-refractivity contribution in [3.05, 3.63) is 29.8 Å². The number of aliphatic hydroxyl groups is 1. The third kappa shape index (κ3) is 3.99. The van der Waals surface area contributed by atoms with Crippen LogP contribution in [-0.2, 0) is 4.79 Å². The molecule has 1 aromatic rings. The predicted octanol–water partition coefficient (Wildman–Crippen LogP) is 1.67. The number of β-amino-alcohol motifs (C(OH)–C–C–N with tert-alkyl or cyclic N) is 1. The van der Waals surface area contributed by atoms with Crippen LogP contribution in [0.25, 0.3) is 0 Å². The first-order chi connectivity index (χ1) is 10.5. The van der Waals surface area contributed by atoms with Gasteiger partial charge in [0, 0.05) is 39.1 Å². The van der Waals surface area contributed by atoms with Crippen molar-refractivity contribution < 1.29 is 14.6 Å². The van der Waals surface area contributed by atoms with E-state index in [4.69, 9.17) is 4.74 Å². The van der Waals surface area contributed by atoms with Crippen molar-refractivity contribution in [2.75, 3.05) is 33.8 Å². The van der Waals surface area contributed by atoms with Crippen molar-refractivity contribution in [1.82, 2.24) is 9.80 Å². The molecule has 0 radical (unpaired) electrons. The lowest BCUT2D eigenvalue weighted by atomic mass is 10.0. The Morgan fingerprint density at radius 1 is 1.50 bits per heavy atom. The standard InChI is InChI=1S/C17H26N2O3/c1-4-18(2)17(21)8-9-19-12-14(20)11-16(19)13-6-5-7-15(10-13)22-3/h5-7,10,14,16,20H,4,8-9,11-12H2,1-3H3/t14-,16+/m1/s1. The molecule has 2 rings (SSSR count). The van der Waals surface area contributed by atoms with Gasteiger partial charge in [-0.1, -0.05) is 12.1 Å². The van der Waals surface area contributed by atoms with Gasteiger partial charge in [-0.2, -0.15) is 0 Å². The molecule has 0 aromatic heterocycles. The topological polar surface area (TPSA) is 53.0 Å². The van der Waals surface area contributed by atoms with Gasteiger partial charge in [-0.25, -0.2) is 0 Å². The van der Waals surface area contributed by atoms with E-state index in [0.717, 1.165) is 17.9 Å². The van der Waals surface area contributed by atoms with Crippen LogP contribution in [0, 0.1) is 0 Å². The summed E-state index contributed by atoms with van der Waals surface area (Å²) in [6, 6.07) is 8.09. The fourth-order valence-electron chi connectivity index (χ4n) is 2.93. The lowest BCUT2D eigenvalue weighted by Gasteiger charge is -2.25. The molecule has 0 unspecified atom stereocenters. The van der Waals surface area contributed by atoms with Gasteiger partial charge in [-0.05, 0) is 31.0 Å². The highest BCUT2D eigenvalue weighted by Gasteiger charge is 2.32. The Morgan fingerprint density at radius 2 is 2.27 bits per heavy atom. The number of hydrogen-bond acceptors (Lipinski definition) is 4. The second-order valence-electron chi connectivity index (χ2n) is 5.83. The molecule has 0 saturated carbocycles. The molecule has 1 saturated heterocycles. The second kappa shape index (κ2) is 7.61. The van der Waals surface area contributed by atoms with Gasteiger partial charge in [-0.15, -0.1) is 0 Å². The summed E-state index contributed by atoms with van der Waals surface area (Å²) in [4.78, 5) is 15.9. The van der Waals surface area contributed by atoms with E-state index in [1.807, 2.05) is 32.2 Å². The monoisotopic (exact) mass is 306 g/mol. The molecule has 0 aliphatic carbocycles. The van der Waals surface area contributed by atoms with E-state index in [1.165, 1.54) is 0 Å². The van der Waals surface area contributed by atoms with E-state index in [1.54, 1.807) is 12.0 Å². The van der Waals surface area contributed by atoms with Crippen LogP contribution >= 0.6 is 0 Å². The SMILES string of the molecule is CCN(C)C(=O)CCN1C[C@H](O)C[C@H]1c1cccc(OC)c1. The second-order valence-corrected chi connectivity index (χ2v) is 5.83. The van der Waals surface area contributed by atoms with Crippen molar-refractivity contribution in [2.24, 2.45) is 0 Å². The number of carbonyl (C=O) groups excluding carboxylic acids is 1. The fourth-order valence-corrected chi connectivity index (χ4v) is 2.93. The van der Waals surface area contributed by atoms with Crippen LogP contribution in [0.2, 0.25) is 0 Å². The summed E-state index contributed by atoms with van der Waals surface area (Å²) in [5.41, 5.74) is 1.13. The third-order valence-corrected chi connectivity index (χ3v) is 4.37. The highest BCUT2D eigenvalue weighted by molar-refractivity contribution is 5.76. The van der Waals surface area contributed by atoms with Gasteiger partial charge >= 0.3 is 0 Å². The highest BCUT2D eigenvalue weighted by atomic mass is 16.5. The molecule has 22 heavy (non-hydrogen) atoms. The minimum atomic E-state index is -0.338. The molecule has 1 aromatic carbocycles. The average molecular weight is 306 g/mol. The summed E-state index contributed by atoms with van der Waals surface area (Å²) in [5, 5.41) is 10.0. The van der Waals surface area contributed by atoms with Crippen LogP contribution < -0.4 is 4.74 Å². The molecule has 5 heteroatoms. The first-order valence-corrected chi connectivity index (χ1v) is 7.85. The van der Waals surface area contributed by atoms with Gasteiger partial charge in [0.2, 0.25) is 5.91 Å². The van der Waals surface area contributed by atoms with Crippen LogP contribution in [0.5, 0.6) is 5.75 Å². The summed E-state index contributed by atoms with van der Waals surface area (Å²) in [5.74, 6) is 0.967. The van der Waals surface area contributed by atoms with Crippen LogP contribution in [0.15, 0.2) is 24.3 Å². The molecular formula is C17H26N2O3. The maximum atomic E-state index is 12.0. The van der Waals surface area contributed by atoms with Crippen LogP contribution in [0.1, 0.15) is 31.4 Å². The zero-order valence-corrected chi connectivity index (χ0v) is 13.7. The van der Waals surface area contributed by atoms with E-state index >= 15 is 0 Å². The largest absolute Gasteiger partial charge is 0.497 e. The lowest BCUT2D eigenvalue weighted by Crippen LogP contribution is -2.32. The lowest BCUT2D eigenvalue weighted by molar-refractivity contribution is -0.130. The number of benzene rings is 1. The Hall–Kier alpha value is -1.59. The van der Waals surface area contributed by atoms with Crippen LogP contribution in [0.3, 0.4) is 0 Å². The van der Waals surface area contributed by atoms with Crippen LogP contribution in [-0.4, -0.2) is 60.7 Å². The van der Waals surface area contributed by atoms with E-state index in [2.05, 4.69) is 11.0 Å². The summed E-state index contributed by atoms with van der Waals surface area (Å²) >= 11 is 0. The molecule has 1 heterocycles. The third-order valence-electron chi connectivity index (χ3n) is 4.37. The van der Waals surface area contributed by atoms with E-state index < -0.39 is 0 Å². The molecule has 122 valence electrons. The zero-order chi connectivity index (χ0) is 16.1. The van der Waals surface area contributed by atoms with Gasteiger partial charge in [-0.3, -0.25) is 9.69 Å². The van der Waals surface area contributed by atoms with Crippen molar-refractivity contribution in [3.8, 4) is 5.75 Å². The quantitative estimate of drug-likeness (QED) is 0.869. The van der Waals surface area contributed by atoms with Crippen LogP contribution in [0.4, 0.5) is 0 Å². The Bertz CT molecular complexity index is 506. The fraction of sp³-hybridized carbons (Fsp3) is 0.588. The first kappa shape index (κ1) is 16.8. The van der Waals surface area contributed by atoms with Gasteiger partial charge in [0.05, 0.1) is 13.2 Å². The molecule has 1 aliphatic rings. The smallest absolute Gasteiger partial charge is 0.223 e. The number of ether oxygens (including phenoxy) is 1. The normalized spacial score (nSPS) is 21.8. The number of rotatable bonds is 6. The molecule has 2 atom stereocenters. The number of hydrogen-bond donors (Lipinski definition) is 1. The zero-order valence-electron chi connectivity index (χ0n) is 13.7. The highest BCUT2D eigenvalue weighted by Crippen LogP contribution is 2.33. The van der Waals surface area contributed by atoms with Gasteiger partial charge in [0.15, 0.2) is 0 Å². The summed E-state index contributed by atoms with van der Waals surface area (Å²) in [6.45, 7) is 3.98. The Kier molecular flexibility index (Phi) is 5.80. The van der Waals surface area contributed by atoms with E-state index in [9.17, 15) is 9.90 Å². The first-order valence-electron chi connectivity index (χ1n) is 7.85. The molecular weight excluding hydrogens is 280 g/mol. The van der Waals surface area contributed by atoms with E-state index in [-0.39, 0.29) is 18.1 Å². The maximum absolute atomic E-state index is 12.0. The molecule has 0 bridgehead atoms. The predicted molar refractivity (Wildman–Crippen MR) is 85.9 cm³/mol. The van der Waals surface area contributed by atoms with Gasteiger partial charge in [0.25, 0.3) is 0 Å². The summed E-state index contributed by atoms with van der Waals surface area (Å²) in [7, 11) is 3.47. The molecule has 1 aliphatic heterocycles. The Morgan fingerprint density at radius 3 is 2.95 bits per heavy atom. The Labute approximate surface area is 132 Å². The van der Waals surface area contributed by atoms with Gasteiger partial charge in [0.1, 0.15) is 5.75 Å².